The first-order valence-electron chi connectivity index (χ1n) is 7.96. The van der Waals surface area contributed by atoms with Crippen molar-refractivity contribution in [3.05, 3.63) is 12.2 Å². The third-order valence-electron chi connectivity index (χ3n) is 3.49. The van der Waals surface area contributed by atoms with E-state index in [4.69, 9.17) is 0 Å². The Labute approximate surface area is 110 Å². The molecule has 0 saturated heterocycles. The lowest BCUT2D eigenvalue weighted by Crippen LogP contribution is -1.94. The van der Waals surface area contributed by atoms with Gasteiger partial charge in [0, 0.05) is 0 Å². The summed E-state index contributed by atoms with van der Waals surface area (Å²) in [7, 11) is 0. The average Bonchev–Trinajstić information content (AvgIpc) is 2.34. The summed E-state index contributed by atoms with van der Waals surface area (Å²) in [5.74, 6) is 0.958. The van der Waals surface area contributed by atoms with E-state index in [1.54, 1.807) is 0 Å². The highest BCUT2D eigenvalue weighted by Crippen LogP contribution is 2.16. The summed E-state index contributed by atoms with van der Waals surface area (Å²) in [5.41, 5.74) is 0. The SMILES string of the molecule is CCCC=CCCCCCCC(C)CCCC. The average molecular weight is 238 g/mol. The van der Waals surface area contributed by atoms with Crippen LogP contribution in [0.5, 0.6) is 0 Å². The smallest absolute Gasteiger partial charge is 0.0351 e. The fourth-order valence-corrected chi connectivity index (χ4v) is 2.21. The van der Waals surface area contributed by atoms with Crippen molar-refractivity contribution < 1.29 is 0 Å². The summed E-state index contributed by atoms with van der Waals surface area (Å²) in [4.78, 5) is 0. The molecule has 17 heavy (non-hydrogen) atoms. The molecule has 1 unspecified atom stereocenters. The van der Waals surface area contributed by atoms with E-state index in [2.05, 4.69) is 32.9 Å². The molecule has 0 bridgehead atoms. The Morgan fingerprint density at radius 2 is 1.35 bits per heavy atom. The monoisotopic (exact) mass is 238 g/mol. The minimum absolute atomic E-state index is 0.958. The molecule has 0 N–H and O–H groups in total. The zero-order valence-corrected chi connectivity index (χ0v) is 12.5. The molecule has 0 heteroatoms. The van der Waals surface area contributed by atoms with Crippen molar-refractivity contribution in [3.8, 4) is 0 Å². The summed E-state index contributed by atoms with van der Waals surface area (Å²) in [6, 6.07) is 0. The van der Waals surface area contributed by atoms with Gasteiger partial charge in [-0.25, -0.2) is 0 Å². The summed E-state index contributed by atoms with van der Waals surface area (Å²) < 4.78 is 0. The highest BCUT2D eigenvalue weighted by Gasteiger charge is 2.00. The molecule has 0 nitrogen and oxygen atoms in total. The van der Waals surface area contributed by atoms with Crippen LogP contribution in [0.3, 0.4) is 0 Å². The van der Waals surface area contributed by atoms with Crippen molar-refractivity contribution in [1.82, 2.24) is 0 Å². The fourth-order valence-electron chi connectivity index (χ4n) is 2.21. The van der Waals surface area contributed by atoms with E-state index in [9.17, 15) is 0 Å². The first-order valence-corrected chi connectivity index (χ1v) is 7.96. The summed E-state index contributed by atoms with van der Waals surface area (Å²) in [6.45, 7) is 6.95. The lowest BCUT2D eigenvalue weighted by atomic mass is 9.97. The third-order valence-corrected chi connectivity index (χ3v) is 3.49. The summed E-state index contributed by atoms with van der Waals surface area (Å²) in [6.07, 6.45) is 19.9. The second-order valence-electron chi connectivity index (χ2n) is 5.50. The normalized spacial score (nSPS) is 13.4. The van der Waals surface area contributed by atoms with Crippen molar-refractivity contribution >= 4 is 0 Å². The van der Waals surface area contributed by atoms with E-state index >= 15 is 0 Å². The van der Waals surface area contributed by atoms with Crippen LogP contribution < -0.4 is 0 Å². The van der Waals surface area contributed by atoms with Crippen LogP contribution in [0, 0.1) is 5.92 Å². The minimum atomic E-state index is 0.958. The predicted molar refractivity (Wildman–Crippen MR) is 80.4 cm³/mol. The first kappa shape index (κ1) is 16.7. The second kappa shape index (κ2) is 13.8. The van der Waals surface area contributed by atoms with Gasteiger partial charge >= 0.3 is 0 Å². The van der Waals surface area contributed by atoms with Crippen LogP contribution in [0.15, 0.2) is 12.2 Å². The first-order chi connectivity index (χ1) is 8.31. The highest BCUT2D eigenvalue weighted by atomic mass is 14.1. The molecule has 0 fully saturated rings. The lowest BCUT2D eigenvalue weighted by molar-refractivity contribution is 0.443. The van der Waals surface area contributed by atoms with Gasteiger partial charge in [0.2, 0.25) is 0 Å². The molecular weight excluding hydrogens is 204 g/mol. The molecule has 0 aliphatic rings. The quantitative estimate of drug-likeness (QED) is 0.268. The lowest BCUT2D eigenvalue weighted by Gasteiger charge is -2.09. The molecule has 0 aromatic rings. The van der Waals surface area contributed by atoms with Gasteiger partial charge in [0.15, 0.2) is 0 Å². The molecule has 0 rings (SSSR count). The molecule has 0 saturated carbocycles. The van der Waals surface area contributed by atoms with Crippen molar-refractivity contribution in [3.63, 3.8) is 0 Å². The van der Waals surface area contributed by atoms with Crippen LogP contribution in [0.25, 0.3) is 0 Å². The Morgan fingerprint density at radius 1 is 0.706 bits per heavy atom. The number of hydrogen-bond donors (Lipinski definition) is 0. The van der Waals surface area contributed by atoms with E-state index < -0.39 is 0 Å². The molecule has 102 valence electrons. The van der Waals surface area contributed by atoms with Crippen LogP contribution >= 0.6 is 0 Å². The maximum atomic E-state index is 2.42. The van der Waals surface area contributed by atoms with Gasteiger partial charge in [0.05, 0.1) is 0 Å². The largest absolute Gasteiger partial charge is 0.0885 e. The minimum Gasteiger partial charge on any atom is -0.0885 e. The second-order valence-corrected chi connectivity index (χ2v) is 5.50. The Kier molecular flexibility index (Phi) is 13.6. The van der Waals surface area contributed by atoms with Crippen LogP contribution in [0.2, 0.25) is 0 Å². The predicted octanol–water partition coefficient (Wildman–Crippen LogP) is 6.51. The molecule has 0 aromatic heterocycles. The van der Waals surface area contributed by atoms with Gasteiger partial charge < -0.3 is 0 Å². The summed E-state index contributed by atoms with van der Waals surface area (Å²) in [5, 5.41) is 0. The molecule has 0 aliphatic heterocycles. The zero-order valence-electron chi connectivity index (χ0n) is 12.5. The number of allylic oxidation sites excluding steroid dienone is 2. The van der Waals surface area contributed by atoms with E-state index in [1.165, 1.54) is 70.6 Å². The number of hydrogen-bond acceptors (Lipinski definition) is 0. The van der Waals surface area contributed by atoms with Crippen LogP contribution in [0.4, 0.5) is 0 Å². The van der Waals surface area contributed by atoms with Crippen molar-refractivity contribution in [2.75, 3.05) is 0 Å². The Hall–Kier alpha value is -0.260. The zero-order chi connectivity index (χ0) is 12.8. The van der Waals surface area contributed by atoms with Gasteiger partial charge in [-0.3, -0.25) is 0 Å². The molecule has 0 aliphatic carbocycles. The Bertz CT molecular complexity index is 157. The standard InChI is InChI=1S/C17H34/c1-4-6-8-9-10-11-12-13-14-16-17(3)15-7-5-2/h8-9,17H,4-7,10-16H2,1-3H3. The maximum Gasteiger partial charge on any atom is -0.0351 e. The van der Waals surface area contributed by atoms with Gasteiger partial charge in [0.25, 0.3) is 0 Å². The van der Waals surface area contributed by atoms with Crippen LogP contribution in [0.1, 0.15) is 91.4 Å². The van der Waals surface area contributed by atoms with Crippen molar-refractivity contribution in [2.45, 2.75) is 91.4 Å². The number of unbranched alkanes of at least 4 members (excludes halogenated alkanes) is 6. The molecule has 0 radical (unpaired) electrons. The van der Waals surface area contributed by atoms with Gasteiger partial charge in [-0.15, -0.1) is 0 Å². The molecule has 0 heterocycles. The summed E-state index contributed by atoms with van der Waals surface area (Å²) >= 11 is 0. The Morgan fingerprint density at radius 3 is 2.06 bits per heavy atom. The van der Waals surface area contributed by atoms with Crippen molar-refractivity contribution in [1.29, 1.82) is 0 Å². The van der Waals surface area contributed by atoms with Gasteiger partial charge in [-0.2, -0.15) is 0 Å². The molecule has 0 aromatic carbocycles. The maximum absolute atomic E-state index is 2.42. The Balaban J connectivity index is 3.12. The number of rotatable bonds is 12. The van der Waals surface area contributed by atoms with Crippen LogP contribution in [-0.2, 0) is 0 Å². The van der Waals surface area contributed by atoms with Gasteiger partial charge in [0.1, 0.15) is 0 Å². The van der Waals surface area contributed by atoms with Crippen LogP contribution in [-0.4, -0.2) is 0 Å². The molecule has 1 atom stereocenters. The van der Waals surface area contributed by atoms with E-state index in [1.807, 2.05) is 0 Å². The fraction of sp³-hybridized carbons (Fsp3) is 0.882. The van der Waals surface area contributed by atoms with Crippen molar-refractivity contribution in [2.24, 2.45) is 5.92 Å². The topological polar surface area (TPSA) is 0 Å². The third kappa shape index (κ3) is 13.7. The molecule has 0 spiro atoms. The van der Waals surface area contributed by atoms with Gasteiger partial charge in [-0.05, 0) is 25.2 Å². The molecular formula is C17H34. The van der Waals surface area contributed by atoms with E-state index in [0.717, 1.165) is 5.92 Å². The highest BCUT2D eigenvalue weighted by molar-refractivity contribution is 4.80. The molecule has 0 amide bonds. The van der Waals surface area contributed by atoms with E-state index in [-0.39, 0.29) is 0 Å². The van der Waals surface area contributed by atoms with Gasteiger partial charge in [-0.1, -0.05) is 84.3 Å². The van der Waals surface area contributed by atoms with E-state index in [0.29, 0.717) is 0 Å².